The van der Waals surface area contributed by atoms with Crippen molar-refractivity contribution in [3.63, 3.8) is 0 Å². The summed E-state index contributed by atoms with van der Waals surface area (Å²) in [6.07, 6.45) is 5.08. The number of carbonyl (C=O) groups excluding carboxylic acids is 1. The van der Waals surface area contributed by atoms with Crippen LogP contribution in [0.5, 0.6) is 5.75 Å². The number of nitrogens with one attached hydrogen (secondary N) is 2. The molecule has 6 heteroatoms. The van der Waals surface area contributed by atoms with E-state index in [9.17, 15) is 9.90 Å². The largest absolute Gasteiger partial charge is 0.506 e. The van der Waals surface area contributed by atoms with Crippen LogP contribution in [0.4, 0.5) is 0 Å². The molecule has 0 bridgehead atoms. The van der Waals surface area contributed by atoms with Crippen molar-refractivity contribution in [3.8, 4) is 28.1 Å². The highest BCUT2D eigenvalue weighted by atomic mass is 16.3. The fourth-order valence-electron chi connectivity index (χ4n) is 4.58. The first kappa shape index (κ1) is 18.3. The molecule has 3 aromatic heterocycles. The Bertz CT molecular complexity index is 1510. The summed E-state index contributed by atoms with van der Waals surface area (Å²) >= 11 is 0. The van der Waals surface area contributed by atoms with E-state index in [1.165, 1.54) is 0 Å². The minimum atomic E-state index is -0.318. The molecule has 0 radical (unpaired) electrons. The topological polar surface area (TPSA) is 90.9 Å². The summed E-state index contributed by atoms with van der Waals surface area (Å²) in [5.41, 5.74) is 6.59. The maximum Gasteiger partial charge on any atom is 0.252 e. The van der Waals surface area contributed by atoms with Gasteiger partial charge in [0, 0.05) is 29.5 Å². The van der Waals surface area contributed by atoms with Crippen LogP contribution < -0.4 is 5.32 Å². The van der Waals surface area contributed by atoms with Gasteiger partial charge < -0.3 is 15.4 Å². The number of hydrogen-bond donors (Lipinski definition) is 3. The van der Waals surface area contributed by atoms with Gasteiger partial charge >= 0.3 is 0 Å². The number of benzene rings is 2. The highest BCUT2D eigenvalue weighted by Crippen LogP contribution is 2.48. The molecular weight excluding hydrogens is 400 g/mol. The molecule has 1 amide bonds. The number of rotatable bonds is 3. The van der Waals surface area contributed by atoms with Crippen molar-refractivity contribution in [1.29, 1.82) is 0 Å². The summed E-state index contributed by atoms with van der Waals surface area (Å²) in [6.45, 7) is 0. The number of hydrogen-bond acceptors (Lipinski definition) is 4. The molecule has 1 aliphatic carbocycles. The second-order valence-electron chi connectivity index (χ2n) is 7.73. The van der Waals surface area contributed by atoms with E-state index in [2.05, 4.69) is 20.3 Å². The average Bonchev–Trinajstić information content (AvgIpc) is 3.43. The monoisotopic (exact) mass is 418 g/mol. The summed E-state index contributed by atoms with van der Waals surface area (Å²) in [5.74, 6) is -0.0479. The number of aromatic nitrogens is 3. The second-order valence-corrected chi connectivity index (χ2v) is 7.73. The number of carbonyl (C=O) groups is 1. The van der Waals surface area contributed by atoms with Gasteiger partial charge in [-0.05, 0) is 46.5 Å². The van der Waals surface area contributed by atoms with Crippen molar-refractivity contribution in [2.45, 2.75) is 6.04 Å². The zero-order chi connectivity index (χ0) is 21.7. The molecule has 0 spiro atoms. The van der Waals surface area contributed by atoms with E-state index in [4.69, 9.17) is 0 Å². The van der Waals surface area contributed by atoms with E-state index in [1.54, 1.807) is 36.8 Å². The predicted octanol–water partition coefficient (Wildman–Crippen LogP) is 4.83. The third-order valence-electron chi connectivity index (χ3n) is 5.97. The Morgan fingerprint density at radius 3 is 2.62 bits per heavy atom. The van der Waals surface area contributed by atoms with Gasteiger partial charge in [0.2, 0.25) is 0 Å². The van der Waals surface area contributed by atoms with Crippen LogP contribution in [-0.2, 0) is 0 Å². The van der Waals surface area contributed by atoms with E-state index < -0.39 is 0 Å². The predicted molar refractivity (Wildman–Crippen MR) is 122 cm³/mol. The Morgan fingerprint density at radius 1 is 0.875 bits per heavy atom. The standard InChI is InChI=1S/C26H18N4O2/c31-21-9-4-12-27-24(21)20-8-3-7-19-22(20)15-5-1-2-6-16(15)23(19)30-26(32)18-11-14-29-25-17(18)10-13-28-25/h1-14,23,31H,(H,28,29)(H,30,32). The van der Waals surface area contributed by atoms with Crippen molar-refractivity contribution in [1.82, 2.24) is 20.3 Å². The number of nitrogens with zero attached hydrogens (tertiary/aromatic N) is 2. The van der Waals surface area contributed by atoms with Gasteiger partial charge in [-0.15, -0.1) is 0 Å². The number of H-pyrrole nitrogens is 1. The highest BCUT2D eigenvalue weighted by Gasteiger charge is 2.32. The number of pyridine rings is 2. The SMILES string of the molecule is O=C(NC1c2ccccc2-c2c(-c3ncccc3O)cccc21)c1ccnc2[nH]ccc12. The zero-order valence-electron chi connectivity index (χ0n) is 16.9. The summed E-state index contributed by atoms with van der Waals surface area (Å²) < 4.78 is 0. The molecule has 1 atom stereocenters. The number of fused-ring (bicyclic) bond motifs is 4. The fraction of sp³-hybridized carbons (Fsp3) is 0.0385. The normalized spacial score (nSPS) is 14.2. The van der Waals surface area contributed by atoms with Gasteiger partial charge in [0.05, 0.1) is 11.6 Å². The Balaban J connectivity index is 1.49. The van der Waals surface area contributed by atoms with E-state index in [0.717, 1.165) is 33.2 Å². The third kappa shape index (κ3) is 2.70. The van der Waals surface area contributed by atoms with Crippen molar-refractivity contribution >= 4 is 16.9 Å². The van der Waals surface area contributed by atoms with Gasteiger partial charge in [-0.1, -0.05) is 42.5 Å². The molecule has 0 fully saturated rings. The van der Waals surface area contributed by atoms with Gasteiger partial charge in [-0.2, -0.15) is 0 Å². The maximum atomic E-state index is 13.3. The minimum Gasteiger partial charge on any atom is -0.506 e. The first-order valence-electron chi connectivity index (χ1n) is 10.3. The molecule has 2 aromatic carbocycles. The molecule has 0 saturated carbocycles. The van der Waals surface area contributed by atoms with Crippen LogP contribution in [0.1, 0.15) is 27.5 Å². The van der Waals surface area contributed by atoms with Crippen LogP contribution in [0.15, 0.2) is 85.3 Å². The zero-order valence-corrected chi connectivity index (χ0v) is 16.9. The smallest absolute Gasteiger partial charge is 0.252 e. The minimum absolute atomic E-state index is 0.123. The summed E-state index contributed by atoms with van der Waals surface area (Å²) in [5, 5.41) is 14.4. The molecule has 0 saturated heterocycles. The lowest BCUT2D eigenvalue weighted by Gasteiger charge is -2.17. The second kappa shape index (κ2) is 7.06. The lowest BCUT2D eigenvalue weighted by atomic mass is 9.96. The van der Waals surface area contributed by atoms with Crippen LogP contribution in [0.2, 0.25) is 0 Å². The summed E-state index contributed by atoms with van der Waals surface area (Å²) in [7, 11) is 0. The Kier molecular flexibility index (Phi) is 4.04. The molecule has 6 nitrogen and oxygen atoms in total. The molecule has 0 aliphatic heterocycles. The number of amides is 1. The molecular formula is C26H18N4O2. The van der Waals surface area contributed by atoms with Crippen molar-refractivity contribution in [3.05, 3.63) is 102 Å². The van der Waals surface area contributed by atoms with Gasteiger partial charge in [-0.3, -0.25) is 9.78 Å². The van der Waals surface area contributed by atoms with E-state index in [1.807, 2.05) is 48.5 Å². The quantitative estimate of drug-likeness (QED) is 0.391. The first-order valence-corrected chi connectivity index (χ1v) is 10.3. The van der Waals surface area contributed by atoms with Gasteiger partial charge in [0.1, 0.15) is 17.1 Å². The third-order valence-corrected chi connectivity index (χ3v) is 5.97. The molecule has 32 heavy (non-hydrogen) atoms. The summed E-state index contributed by atoms with van der Waals surface area (Å²) in [4.78, 5) is 25.1. The molecule has 6 rings (SSSR count). The van der Waals surface area contributed by atoms with Crippen molar-refractivity contribution in [2.24, 2.45) is 0 Å². The van der Waals surface area contributed by atoms with Crippen molar-refractivity contribution in [2.75, 3.05) is 0 Å². The van der Waals surface area contributed by atoms with Crippen LogP contribution in [-0.4, -0.2) is 26.0 Å². The van der Waals surface area contributed by atoms with Crippen LogP contribution in [0.25, 0.3) is 33.4 Å². The lowest BCUT2D eigenvalue weighted by molar-refractivity contribution is 0.0945. The first-order chi connectivity index (χ1) is 15.7. The van der Waals surface area contributed by atoms with Gasteiger partial charge in [0.15, 0.2) is 0 Å². The van der Waals surface area contributed by atoms with Crippen molar-refractivity contribution < 1.29 is 9.90 Å². The molecule has 3 heterocycles. The Hall–Kier alpha value is -4.45. The van der Waals surface area contributed by atoms with Crippen LogP contribution >= 0.6 is 0 Å². The maximum absolute atomic E-state index is 13.3. The molecule has 154 valence electrons. The molecule has 1 aliphatic rings. The molecule has 5 aromatic rings. The molecule has 1 unspecified atom stereocenters. The Morgan fingerprint density at radius 2 is 1.72 bits per heavy atom. The summed E-state index contributed by atoms with van der Waals surface area (Å²) in [6, 6.07) is 20.5. The average molecular weight is 418 g/mol. The van der Waals surface area contributed by atoms with Gasteiger partial charge in [-0.25, -0.2) is 4.98 Å². The van der Waals surface area contributed by atoms with E-state index in [0.29, 0.717) is 16.9 Å². The number of aromatic hydroxyl groups is 1. The van der Waals surface area contributed by atoms with Gasteiger partial charge in [0.25, 0.3) is 5.91 Å². The highest BCUT2D eigenvalue weighted by molar-refractivity contribution is 6.06. The van der Waals surface area contributed by atoms with Crippen LogP contribution in [0.3, 0.4) is 0 Å². The molecule has 3 N–H and O–H groups in total. The van der Waals surface area contributed by atoms with E-state index >= 15 is 0 Å². The van der Waals surface area contributed by atoms with E-state index in [-0.39, 0.29) is 17.7 Å². The Labute approximate surface area is 183 Å². The van der Waals surface area contributed by atoms with Crippen LogP contribution in [0, 0.1) is 0 Å². The fourth-order valence-corrected chi connectivity index (χ4v) is 4.58. The lowest BCUT2D eigenvalue weighted by Crippen LogP contribution is -2.28. The number of aromatic amines is 1.